The highest BCUT2D eigenvalue weighted by atomic mass is 32.2. The zero-order valence-electron chi connectivity index (χ0n) is 16.9. The van der Waals surface area contributed by atoms with E-state index in [1.807, 2.05) is 6.92 Å². The summed E-state index contributed by atoms with van der Waals surface area (Å²) in [6.07, 6.45) is -0.0653. The van der Waals surface area contributed by atoms with Crippen LogP contribution >= 0.6 is 0 Å². The van der Waals surface area contributed by atoms with Gasteiger partial charge in [-0.05, 0) is 49.6 Å². The van der Waals surface area contributed by atoms with Crippen LogP contribution in [0.4, 0.5) is 0 Å². The van der Waals surface area contributed by atoms with Crippen LogP contribution < -0.4 is 10.5 Å². The summed E-state index contributed by atoms with van der Waals surface area (Å²) in [5.41, 5.74) is 7.05. The largest absolute Gasteiger partial charge is 0.491 e. The molecule has 2 aromatic carbocycles. The van der Waals surface area contributed by atoms with Crippen molar-refractivity contribution >= 4 is 22.1 Å². The summed E-state index contributed by atoms with van der Waals surface area (Å²) in [6.45, 7) is 1.67. The van der Waals surface area contributed by atoms with E-state index in [2.05, 4.69) is 0 Å². The van der Waals surface area contributed by atoms with Crippen LogP contribution in [0, 0.1) is 12.8 Å². The van der Waals surface area contributed by atoms with Crippen molar-refractivity contribution in [2.45, 2.75) is 30.7 Å². The topological polar surface area (TPSA) is 153 Å². The number of ether oxygens (including phenoxy) is 1. The van der Waals surface area contributed by atoms with Crippen molar-refractivity contribution in [3.05, 3.63) is 59.7 Å². The summed E-state index contributed by atoms with van der Waals surface area (Å²) in [7, 11) is -3.86. The number of benzene rings is 2. The fourth-order valence-electron chi connectivity index (χ4n) is 2.76. The predicted molar refractivity (Wildman–Crippen MR) is 111 cm³/mol. The third kappa shape index (κ3) is 7.67. The van der Waals surface area contributed by atoms with Gasteiger partial charge in [0.15, 0.2) is 0 Å². The summed E-state index contributed by atoms with van der Waals surface area (Å²) >= 11 is 0. The summed E-state index contributed by atoms with van der Waals surface area (Å²) in [6, 6.07) is 11.6. The van der Waals surface area contributed by atoms with Crippen molar-refractivity contribution < 1.29 is 37.1 Å². The SMILES string of the molecule is Cc1ccc(S(=O)(=O)OCCOc2ccc(CC(C[C@H](N)C(=O)O)C(=O)O)cc2)cc1. The van der Waals surface area contributed by atoms with Crippen molar-refractivity contribution in [1.29, 1.82) is 0 Å². The lowest BCUT2D eigenvalue weighted by atomic mass is 9.93. The molecular formula is C21H25NO8S. The maximum atomic E-state index is 12.1. The van der Waals surface area contributed by atoms with Crippen molar-refractivity contribution in [3.8, 4) is 5.75 Å². The van der Waals surface area contributed by atoms with Gasteiger partial charge in [0.25, 0.3) is 10.1 Å². The highest BCUT2D eigenvalue weighted by Gasteiger charge is 2.24. The Bertz CT molecular complexity index is 987. The second-order valence-electron chi connectivity index (χ2n) is 7.00. The first-order chi connectivity index (χ1) is 14.6. The quantitative estimate of drug-likeness (QED) is 0.324. The number of carbonyl (C=O) groups is 2. The van der Waals surface area contributed by atoms with Crippen LogP contribution in [0.5, 0.6) is 5.75 Å². The molecule has 1 unspecified atom stereocenters. The van der Waals surface area contributed by atoms with Crippen LogP contribution in [-0.4, -0.2) is 49.8 Å². The molecule has 2 rings (SSSR count). The number of hydrogen-bond acceptors (Lipinski definition) is 7. The van der Waals surface area contributed by atoms with E-state index < -0.39 is 34.0 Å². The highest BCUT2D eigenvalue weighted by molar-refractivity contribution is 7.86. The molecule has 0 aliphatic heterocycles. The normalized spacial score (nSPS) is 13.4. The third-order valence-corrected chi connectivity index (χ3v) is 5.84. The van der Waals surface area contributed by atoms with Gasteiger partial charge in [-0.2, -0.15) is 8.42 Å². The number of nitrogens with two attached hydrogens (primary N) is 1. The molecule has 0 aliphatic rings. The van der Waals surface area contributed by atoms with Crippen molar-refractivity contribution in [1.82, 2.24) is 0 Å². The number of aliphatic carboxylic acids is 2. The lowest BCUT2D eigenvalue weighted by Gasteiger charge is -2.15. The summed E-state index contributed by atoms with van der Waals surface area (Å²) in [5, 5.41) is 18.2. The minimum atomic E-state index is -3.86. The Morgan fingerprint density at radius 1 is 0.968 bits per heavy atom. The molecule has 0 bridgehead atoms. The molecular weight excluding hydrogens is 426 g/mol. The molecule has 0 saturated heterocycles. The average molecular weight is 451 g/mol. The zero-order valence-corrected chi connectivity index (χ0v) is 17.7. The lowest BCUT2D eigenvalue weighted by molar-refractivity contribution is -0.143. The molecule has 0 aliphatic carbocycles. The molecule has 0 heterocycles. The molecule has 0 aromatic heterocycles. The molecule has 0 spiro atoms. The molecule has 10 heteroatoms. The second-order valence-corrected chi connectivity index (χ2v) is 8.62. The van der Waals surface area contributed by atoms with Crippen LogP contribution in [0.1, 0.15) is 17.5 Å². The first kappa shape index (κ1) is 24.3. The Morgan fingerprint density at radius 2 is 1.58 bits per heavy atom. The monoisotopic (exact) mass is 451 g/mol. The van der Waals surface area contributed by atoms with Crippen LogP contribution in [0.25, 0.3) is 0 Å². The standard InChI is InChI=1S/C21H25NO8S/c1-14-2-8-18(9-3-14)31(27,28)30-11-10-29-17-6-4-15(5-7-17)12-16(20(23)24)13-19(22)21(25)26/h2-9,16,19H,10-13,22H2,1H3,(H,23,24)(H,25,26)/t16?,19-/m0/s1. The number of carboxylic acid groups (broad SMARTS) is 2. The molecule has 0 radical (unpaired) electrons. The van der Waals surface area contributed by atoms with Gasteiger partial charge >= 0.3 is 11.9 Å². The fourth-order valence-corrected chi connectivity index (χ4v) is 3.65. The van der Waals surface area contributed by atoms with Crippen molar-refractivity contribution in [3.63, 3.8) is 0 Å². The van der Waals surface area contributed by atoms with Gasteiger partial charge in [-0.25, -0.2) is 0 Å². The van der Waals surface area contributed by atoms with E-state index in [1.54, 1.807) is 36.4 Å². The smallest absolute Gasteiger partial charge is 0.320 e. The molecule has 31 heavy (non-hydrogen) atoms. The first-order valence-electron chi connectivity index (χ1n) is 9.47. The van der Waals surface area contributed by atoms with Crippen LogP contribution in [0.3, 0.4) is 0 Å². The van der Waals surface area contributed by atoms with Gasteiger partial charge < -0.3 is 20.7 Å². The van der Waals surface area contributed by atoms with Gasteiger partial charge in [0, 0.05) is 0 Å². The summed E-state index contributed by atoms with van der Waals surface area (Å²) in [5.74, 6) is -2.85. The van der Waals surface area contributed by atoms with E-state index in [0.29, 0.717) is 11.3 Å². The Kier molecular flexibility index (Phi) is 8.55. The number of hydrogen-bond donors (Lipinski definition) is 3. The molecule has 0 amide bonds. The number of rotatable bonds is 12. The molecule has 0 fully saturated rings. The van der Waals surface area contributed by atoms with Crippen molar-refractivity contribution in [2.75, 3.05) is 13.2 Å². The Labute approximate surface area is 180 Å². The fraction of sp³-hybridized carbons (Fsp3) is 0.333. The minimum absolute atomic E-state index is 0.00431. The van der Waals surface area contributed by atoms with Gasteiger partial charge in [0.05, 0.1) is 10.8 Å². The molecule has 0 saturated carbocycles. The van der Waals surface area contributed by atoms with E-state index in [0.717, 1.165) is 5.56 Å². The molecule has 2 aromatic rings. The predicted octanol–water partition coefficient (Wildman–Crippen LogP) is 1.82. The lowest BCUT2D eigenvalue weighted by Crippen LogP contribution is -2.35. The van der Waals surface area contributed by atoms with Crippen LogP contribution in [0.2, 0.25) is 0 Å². The van der Waals surface area contributed by atoms with E-state index in [-0.39, 0.29) is 31.0 Å². The zero-order chi connectivity index (χ0) is 23.0. The Hall–Kier alpha value is -2.95. The molecule has 2 atom stereocenters. The van der Waals surface area contributed by atoms with E-state index >= 15 is 0 Å². The van der Waals surface area contributed by atoms with Gasteiger partial charge in [-0.1, -0.05) is 29.8 Å². The van der Waals surface area contributed by atoms with Crippen LogP contribution in [0.15, 0.2) is 53.4 Å². The Morgan fingerprint density at radius 3 is 2.13 bits per heavy atom. The maximum Gasteiger partial charge on any atom is 0.320 e. The molecule has 9 nitrogen and oxygen atoms in total. The summed E-state index contributed by atoms with van der Waals surface area (Å²) < 4.78 is 34.6. The maximum absolute atomic E-state index is 12.1. The Balaban J connectivity index is 1.84. The van der Waals surface area contributed by atoms with Crippen molar-refractivity contribution in [2.24, 2.45) is 11.7 Å². The highest BCUT2D eigenvalue weighted by Crippen LogP contribution is 2.19. The number of aryl methyl sites for hydroxylation is 1. The van der Waals surface area contributed by atoms with Crippen LogP contribution in [-0.2, 0) is 30.3 Å². The van der Waals surface area contributed by atoms with Gasteiger partial charge in [-0.3, -0.25) is 13.8 Å². The first-order valence-corrected chi connectivity index (χ1v) is 10.9. The van der Waals surface area contributed by atoms with E-state index in [4.69, 9.17) is 19.8 Å². The van der Waals surface area contributed by atoms with Gasteiger partial charge in [-0.15, -0.1) is 0 Å². The average Bonchev–Trinajstić information content (AvgIpc) is 2.72. The van der Waals surface area contributed by atoms with Gasteiger partial charge in [0.1, 0.15) is 25.0 Å². The van der Waals surface area contributed by atoms with E-state index in [1.165, 1.54) is 12.1 Å². The number of carboxylic acids is 2. The molecule has 168 valence electrons. The second kappa shape index (κ2) is 10.9. The summed E-state index contributed by atoms with van der Waals surface area (Å²) in [4.78, 5) is 22.3. The van der Waals surface area contributed by atoms with Gasteiger partial charge in [0.2, 0.25) is 0 Å². The third-order valence-electron chi connectivity index (χ3n) is 4.51. The minimum Gasteiger partial charge on any atom is -0.491 e. The molecule has 4 N–H and O–H groups in total. The van der Waals surface area contributed by atoms with E-state index in [9.17, 15) is 23.1 Å².